The van der Waals surface area contributed by atoms with E-state index in [1.807, 2.05) is 38.1 Å². The van der Waals surface area contributed by atoms with Crippen LogP contribution in [0, 0.1) is 6.92 Å². The molecule has 104 valence electrons. The fourth-order valence-electron chi connectivity index (χ4n) is 2.17. The first-order valence-electron chi connectivity index (χ1n) is 6.97. The van der Waals surface area contributed by atoms with Crippen molar-refractivity contribution < 1.29 is 9.32 Å². The molecule has 20 heavy (non-hydrogen) atoms. The van der Waals surface area contributed by atoms with Crippen LogP contribution in [0.2, 0.25) is 0 Å². The van der Waals surface area contributed by atoms with E-state index in [9.17, 15) is 4.79 Å². The molecule has 1 aliphatic rings. The van der Waals surface area contributed by atoms with Gasteiger partial charge in [0.1, 0.15) is 5.76 Å². The highest BCUT2D eigenvalue weighted by molar-refractivity contribution is 5.92. The lowest BCUT2D eigenvalue weighted by Gasteiger charge is -2.13. The summed E-state index contributed by atoms with van der Waals surface area (Å²) in [4.78, 5) is 12.1. The normalized spacial score (nSPS) is 15.9. The van der Waals surface area contributed by atoms with Crippen molar-refractivity contribution in [3.63, 3.8) is 0 Å². The summed E-state index contributed by atoms with van der Waals surface area (Å²) in [6, 6.07) is 9.84. The Morgan fingerprint density at radius 3 is 2.70 bits per heavy atom. The van der Waals surface area contributed by atoms with Gasteiger partial charge in [0.05, 0.1) is 6.04 Å². The van der Waals surface area contributed by atoms with E-state index >= 15 is 0 Å². The molecular weight excluding hydrogens is 252 g/mol. The number of hydrogen-bond acceptors (Lipinski definition) is 3. The zero-order valence-electron chi connectivity index (χ0n) is 11.7. The van der Waals surface area contributed by atoms with E-state index in [1.165, 1.54) is 5.56 Å². The number of aryl methyl sites for hydroxylation is 1. The molecule has 1 atom stereocenters. The monoisotopic (exact) mass is 270 g/mol. The topological polar surface area (TPSA) is 55.1 Å². The zero-order valence-corrected chi connectivity index (χ0v) is 11.7. The Morgan fingerprint density at radius 1 is 1.35 bits per heavy atom. The summed E-state index contributed by atoms with van der Waals surface area (Å²) < 4.78 is 5.20. The molecule has 4 heteroatoms. The quantitative estimate of drug-likeness (QED) is 0.927. The third-order valence-electron chi connectivity index (χ3n) is 3.67. The molecule has 1 saturated carbocycles. The number of rotatable bonds is 4. The van der Waals surface area contributed by atoms with Gasteiger partial charge in [-0.1, -0.05) is 35.0 Å². The van der Waals surface area contributed by atoms with E-state index in [2.05, 4.69) is 10.5 Å². The number of carbonyl (C=O) groups is 1. The number of hydrogen-bond donors (Lipinski definition) is 1. The smallest absolute Gasteiger partial charge is 0.273 e. The summed E-state index contributed by atoms with van der Waals surface area (Å²) in [5.41, 5.74) is 2.65. The highest BCUT2D eigenvalue weighted by Crippen LogP contribution is 2.40. The van der Waals surface area contributed by atoms with Gasteiger partial charge in [-0.25, -0.2) is 0 Å². The number of benzene rings is 1. The van der Waals surface area contributed by atoms with Crippen molar-refractivity contribution in [2.45, 2.75) is 38.6 Å². The van der Waals surface area contributed by atoms with Crippen molar-refractivity contribution in [3.8, 4) is 0 Å². The van der Waals surface area contributed by atoms with Crippen molar-refractivity contribution in [1.29, 1.82) is 0 Å². The fraction of sp³-hybridized carbons (Fsp3) is 0.375. The van der Waals surface area contributed by atoms with Crippen molar-refractivity contribution >= 4 is 5.91 Å². The predicted molar refractivity (Wildman–Crippen MR) is 75.5 cm³/mol. The minimum atomic E-state index is -0.186. The Kier molecular flexibility index (Phi) is 3.30. The molecule has 1 aromatic carbocycles. The zero-order chi connectivity index (χ0) is 14.1. The number of amides is 1. The third-order valence-corrected chi connectivity index (χ3v) is 3.67. The van der Waals surface area contributed by atoms with Crippen LogP contribution in [0.15, 0.2) is 34.9 Å². The van der Waals surface area contributed by atoms with Gasteiger partial charge >= 0.3 is 0 Å². The lowest BCUT2D eigenvalue weighted by atomic mass is 10.1. The summed E-state index contributed by atoms with van der Waals surface area (Å²) in [6.45, 7) is 4.01. The minimum absolute atomic E-state index is 0.0517. The molecule has 0 spiro atoms. The van der Waals surface area contributed by atoms with Gasteiger partial charge in [0, 0.05) is 12.0 Å². The summed E-state index contributed by atoms with van der Waals surface area (Å²) in [5.74, 6) is 1.12. The Bertz CT molecular complexity index is 612. The Balaban J connectivity index is 1.66. The lowest BCUT2D eigenvalue weighted by Crippen LogP contribution is -2.26. The largest absolute Gasteiger partial charge is 0.360 e. The van der Waals surface area contributed by atoms with E-state index in [1.54, 1.807) is 6.07 Å². The van der Waals surface area contributed by atoms with Crippen molar-refractivity contribution in [2.24, 2.45) is 0 Å². The molecule has 1 aliphatic carbocycles. The number of carbonyl (C=O) groups excluding carboxylic acids is 1. The van der Waals surface area contributed by atoms with Gasteiger partial charge in [-0.2, -0.15) is 0 Å². The number of nitrogens with one attached hydrogen (secondary N) is 1. The average Bonchev–Trinajstić information content (AvgIpc) is 3.17. The van der Waals surface area contributed by atoms with Crippen LogP contribution in [0.3, 0.4) is 0 Å². The summed E-state index contributed by atoms with van der Waals surface area (Å²) in [6.07, 6.45) is 2.27. The molecule has 0 radical (unpaired) electrons. The van der Waals surface area contributed by atoms with E-state index in [4.69, 9.17) is 4.52 Å². The Morgan fingerprint density at radius 2 is 2.05 bits per heavy atom. The number of nitrogens with zero attached hydrogens (tertiary/aromatic N) is 1. The second-order valence-electron chi connectivity index (χ2n) is 5.49. The molecule has 1 amide bonds. The molecule has 4 nitrogen and oxygen atoms in total. The van der Waals surface area contributed by atoms with Crippen LogP contribution in [0.1, 0.15) is 59.1 Å². The molecule has 1 N–H and O–H groups in total. The van der Waals surface area contributed by atoms with Crippen LogP contribution in [-0.4, -0.2) is 11.1 Å². The maximum atomic E-state index is 12.1. The van der Waals surface area contributed by atoms with Crippen LogP contribution in [0.4, 0.5) is 0 Å². The van der Waals surface area contributed by atoms with Crippen LogP contribution >= 0.6 is 0 Å². The van der Waals surface area contributed by atoms with Gasteiger partial charge in [0.25, 0.3) is 5.91 Å². The molecule has 3 rings (SSSR count). The van der Waals surface area contributed by atoms with Gasteiger partial charge in [-0.05, 0) is 32.3 Å². The van der Waals surface area contributed by atoms with Crippen LogP contribution < -0.4 is 5.32 Å². The molecule has 0 aliphatic heterocycles. The van der Waals surface area contributed by atoms with Crippen LogP contribution in [-0.2, 0) is 0 Å². The maximum Gasteiger partial charge on any atom is 0.273 e. The van der Waals surface area contributed by atoms with Crippen molar-refractivity contribution in [1.82, 2.24) is 10.5 Å². The van der Waals surface area contributed by atoms with E-state index in [0.717, 1.165) is 24.2 Å². The molecule has 1 fully saturated rings. The number of aromatic nitrogens is 1. The molecule has 0 bridgehead atoms. The molecule has 1 unspecified atom stereocenters. The molecule has 1 aromatic heterocycles. The Hall–Kier alpha value is -2.10. The van der Waals surface area contributed by atoms with Crippen LogP contribution in [0.25, 0.3) is 0 Å². The van der Waals surface area contributed by atoms with Gasteiger partial charge in [-0.3, -0.25) is 4.79 Å². The first-order chi connectivity index (χ1) is 9.63. The molecule has 0 saturated heterocycles. The second-order valence-corrected chi connectivity index (χ2v) is 5.49. The molecule has 1 heterocycles. The Labute approximate surface area is 118 Å². The molecule has 2 aromatic rings. The summed E-state index contributed by atoms with van der Waals surface area (Å²) >= 11 is 0. The average molecular weight is 270 g/mol. The van der Waals surface area contributed by atoms with Crippen molar-refractivity contribution in [2.75, 3.05) is 0 Å². The van der Waals surface area contributed by atoms with Gasteiger partial charge < -0.3 is 9.84 Å². The maximum absolute atomic E-state index is 12.1. The summed E-state index contributed by atoms with van der Waals surface area (Å²) in [5, 5.41) is 6.79. The predicted octanol–water partition coefficient (Wildman–Crippen LogP) is 3.35. The SMILES string of the molecule is Cc1ccc(C(C)NC(=O)c2cc(C3CC3)on2)cc1. The minimum Gasteiger partial charge on any atom is -0.360 e. The first-order valence-corrected chi connectivity index (χ1v) is 6.97. The van der Waals surface area contributed by atoms with Crippen molar-refractivity contribution in [3.05, 3.63) is 52.9 Å². The second kappa shape index (κ2) is 5.12. The third kappa shape index (κ3) is 2.74. The first kappa shape index (κ1) is 12.9. The highest BCUT2D eigenvalue weighted by atomic mass is 16.5. The standard InChI is InChI=1S/C16H18N2O2/c1-10-3-5-12(6-4-10)11(2)17-16(19)14-9-15(20-18-14)13-7-8-13/h3-6,9,11,13H,7-8H2,1-2H3,(H,17,19). The van der Waals surface area contributed by atoms with Gasteiger partial charge in [-0.15, -0.1) is 0 Å². The lowest BCUT2D eigenvalue weighted by molar-refractivity contribution is 0.0930. The highest BCUT2D eigenvalue weighted by Gasteiger charge is 2.29. The van der Waals surface area contributed by atoms with Gasteiger partial charge in [0.2, 0.25) is 0 Å². The fourth-order valence-corrected chi connectivity index (χ4v) is 2.17. The molecular formula is C16H18N2O2. The summed E-state index contributed by atoms with van der Waals surface area (Å²) in [7, 11) is 0. The van der Waals surface area contributed by atoms with Crippen LogP contribution in [0.5, 0.6) is 0 Å². The van der Waals surface area contributed by atoms with Gasteiger partial charge in [0.15, 0.2) is 5.69 Å². The van der Waals surface area contributed by atoms with E-state index < -0.39 is 0 Å². The van der Waals surface area contributed by atoms with E-state index in [0.29, 0.717) is 11.6 Å². The van der Waals surface area contributed by atoms with E-state index in [-0.39, 0.29) is 11.9 Å².